The first kappa shape index (κ1) is 12.4. The lowest BCUT2D eigenvalue weighted by molar-refractivity contribution is 0.0987. The Labute approximate surface area is 106 Å². The van der Waals surface area contributed by atoms with Crippen LogP contribution in [0.3, 0.4) is 0 Å². The van der Waals surface area contributed by atoms with Crippen LogP contribution in [0.4, 0.5) is 5.69 Å². The molecule has 0 fully saturated rings. The second kappa shape index (κ2) is 5.04. The Kier molecular flexibility index (Phi) is 3.46. The molecule has 2 aromatic rings. The van der Waals surface area contributed by atoms with Crippen molar-refractivity contribution in [3.8, 4) is 0 Å². The summed E-state index contributed by atoms with van der Waals surface area (Å²) in [5.41, 5.74) is 2.72. The van der Waals surface area contributed by atoms with Crippen LogP contribution in [0.15, 0.2) is 35.0 Å². The first-order valence-corrected chi connectivity index (χ1v) is 5.90. The van der Waals surface area contributed by atoms with Gasteiger partial charge in [-0.15, -0.1) is 0 Å². The normalized spacial score (nSPS) is 10.7. The summed E-state index contributed by atoms with van der Waals surface area (Å²) in [6.07, 6.45) is 1.52. The fraction of sp³-hybridized carbons (Fsp3) is 0.286. The number of hydrogen-bond acceptors (Lipinski definition) is 3. The highest BCUT2D eigenvalue weighted by Crippen LogP contribution is 2.18. The monoisotopic (exact) mass is 244 g/mol. The lowest BCUT2D eigenvalue weighted by atomic mass is 10.0. The molecule has 4 heteroatoms. The van der Waals surface area contributed by atoms with E-state index in [2.05, 4.69) is 24.3 Å². The molecule has 1 aromatic carbocycles. The predicted molar refractivity (Wildman–Crippen MR) is 69.7 cm³/mol. The van der Waals surface area contributed by atoms with Crippen molar-refractivity contribution in [1.29, 1.82) is 0 Å². The van der Waals surface area contributed by atoms with E-state index in [1.54, 1.807) is 6.92 Å². The lowest BCUT2D eigenvalue weighted by Crippen LogP contribution is -2.12. The highest BCUT2D eigenvalue weighted by Gasteiger charge is 2.14. The Morgan fingerprint density at radius 3 is 2.44 bits per heavy atom. The highest BCUT2D eigenvalue weighted by molar-refractivity contribution is 6.03. The molecular formula is C14H16N2O2. The minimum absolute atomic E-state index is 0.253. The van der Waals surface area contributed by atoms with Gasteiger partial charge in [0, 0.05) is 11.3 Å². The number of amides is 1. The first-order valence-electron chi connectivity index (χ1n) is 5.90. The summed E-state index contributed by atoms with van der Waals surface area (Å²) in [6, 6.07) is 7.79. The number of carbonyl (C=O) groups excluding carboxylic acids is 1. The fourth-order valence-electron chi connectivity index (χ4n) is 1.65. The number of hydrogen-bond donors (Lipinski definition) is 1. The minimum Gasteiger partial charge on any atom is -0.351 e. The minimum atomic E-state index is -0.276. The average Bonchev–Trinajstić information content (AvgIpc) is 2.76. The molecule has 0 radical (unpaired) electrons. The molecule has 0 bridgehead atoms. The maximum Gasteiger partial charge on any atom is 0.294 e. The number of nitrogens with one attached hydrogen (secondary N) is 1. The van der Waals surface area contributed by atoms with E-state index in [4.69, 9.17) is 4.52 Å². The molecule has 0 saturated heterocycles. The Morgan fingerprint density at radius 2 is 1.94 bits per heavy atom. The summed E-state index contributed by atoms with van der Waals surface area (Å²) < 4.78 is 4.90. The van der Waals surface area contributed by atoms with E-state index >= 15 is 0 Å². The van der Waals surface area contributed by atoms with Crippen LogP contribution < -0.4 is 5.32 Å². The Hall–Kier alpha value is -2.10. The summed E-state index contributed by atoms with van der Waals surface area (Å²) in [4.78, 5) is 11.9. The summed E-state index contributed by atoms with van der Waals surface area (Å²) in [5, 5.41) is 6.36. The quantitative estimate of drug-likeness (QED) is 0.900. The van der Waals surface area contributed by atoms with Crippen LogP contribution in [0.5, 0.6) is 0 Å². The average molecular weight is 244 g/mol. The zero-order valence-corrected chi connectivity index (χ0v) is 10.7. The van der Waals surface area contributed by atoms with Gasteiger partial charge in [0.2, 0.25) is 5.76 Å². The molecule has 1 amide bonds. The van der Waals surface area contributed by atoms with Crippen LogP contribution in [0.2, 0.25) is 0 Å². The van der Waals surface area contributed by atoms with Crippen molar-refractivity contribution in [2.24, 2.45) is 0 Å². The van der Waals surface area contributed by atoms with E-state index in [0.717, 1.165) is 11.3 Å². The van der Waals surface area contributed by atoms with Gasteiger partial charge in [-0.05, 0) is 30.5 Å². The first-order chi connectivity index (χ1) is 8.58. The third-order valence-corrected chi connectivity index (χ3v) is 2.79. The van der Waals surface area contributed by atoms with E-state index in [9.17, 15) is 4.79 Å². The van der Waals surface area contributed by atoms with Crippen LogP contribution >= 0.6 is 0 Å². The number of anilines is 1. The van der Waals surface area contributed by atoms with Gasteiger partial charge in [-0.1, -0.05) is 31.1 Å². The van der Waals surface area contributed by atoms with E-state index in [0.29, 0.717) is 5.92 Å². The predicted octanol–water partition coefficient (Wildman–Crippen LogP) is 3.36. The lowest BCUT2D eigenvalue weighted by Gasteiger charge is -2.07. The molecule has 0 spiro atoms. The van der Waals surface area contributed by atoms with E-state index in [-0.39, 0.29) is 11.7 Å². The van der Waals surface area contributed by atoms with Crippen LogP contribution in [-0.2, 0) is 0 Å². The molecular weight excluding hydrogens is 228 g/mol. The van der Waals surface area contributed by atoms with Gasteiger partial charge >= 0.3 is 0 Å². The van der Waals surface area contributed by atoms with Crippen LogP contribution in [0, 0.1) is 6.92 Å². The number of carbonyl (C=O) groups is 1. The number of benzene rings is 1. The SMILES string of the molecule is Cc1cnoc1C(=O)Nc1ccc(C(C)C)cc1. The molecule has 0 atom stereocenters. The van der Waals surface area contributed by atoms with Crippen molar-refractivity contribution in [2.45, 2.75) is 26.7 Å². The van der Waals surface area contributed by atoms with Gasteiger partial charge in [-0.25, -0.2) is 0 Å². The third-order valence-electron chi connectivity index (χ3n) is 2.79. The number of rotatable bonds is 3. The fourth-order valence-corrected chi connectivity index (χ4v) is 1.65. The van der Waals surface area contributed by atoms with Crippen LogP contribution in [0.25, 0.3) is 0 Å². The third kappa shape index (κ3) is 2.59. The van der Waals surface area contributed by atoms with E-state index in [1.807, 2.05) is 24.3 Å². The molecule has 0 aliphatic rings. The highest BCUT2D eigenvalue weighted by atomic mass is 16.5. The summed E-state index contributed by atoms with van der Waals surface area (Å²) >= 11 is 0. The van der Waals surface area contributed by atoms with Gasteiger partial charge in [0.05, 0.1) is 6.20 Å². The zero-order valence-electron chi connectivity index (χ0n) is 10.7. The maximum absolute atomic E-state index is 11.9. The van der Waals surface area contributed by atoms with Gasteiger partial charge in [0.15, 0.2) is 0 Å². The molecule has 4 nitrogen and oxygen atoms in total. The van der Waals surface area contributed by atoms with Crippen molar-refractivity contribution in [3.63, 3.8) is 0 Å². The van der Waals surface area contributed by atoms with Gasteiger partial charge in [0.25, 0.3) is 5.91 Å². The standard InChI is InChI=1S/C14H16N2O2/c1-9(2)11-4-6-12(7-5-11)16-14(17)13-10(3)8-15-18-13/h4-9H,1-3H3,(H,16,17). The number of aryl methyl sites for hydroxylation is 1. The summed E-state index contributed by atoms with van der Waals surface area (Å²) in [7, 11) is 0. The Balaban J connectivity index is 2.10. The molecule has 2 rings (SSSR count). The molecule has 18 heavy (non-hydrogen) atoms. The number of aromatic nitrogens is 1. The topological polar surface area (TPSA) is 55.1 Å². The molecule has 94 valence electrons. The van der Waals surface area contributed by atoms with Gasteiger partial charge in [-0.3, -0.25) is 4.79 Å². The van der Waals surface area contributed by atoms with Gasteiger partial charge in [0.1, 0.15) is 0 Å². The maximum atomic E-state index is 11.9. The molecule has 1 N–H and O–H groups in total. The Morgan fingerprint density at radius 1 is 1.28 bits per heavy atom. The molecule has 0 unspecified atom stereocenters. The summed E-state index contributed by atoms with van der Waals surface area (Å²) in [5.74, 6) is 0.455. The molecule has 0 saturated carbocycles. The molecule has 1 aromatic heterocycles. The van der Waals surface area contributed by atoms with E-state index in [1.165, 1.54) is 11.8 Å². The van der Waals surface area contributed by atoms with Crippen molar-refractivity contribution in [2.75, 3.05) is 5.32 Å². The van der Waals surface area contributed by atoms with Crippen molar-refractivity contribution < 1.29 is 9.32 Å². The largest absolute Gasteiger partial charge is 0.351 e. The zero-order chi connectivity index (χ0) is 13.1. The Bertz CT molecular complexity index is 541. The van der Waals surface area contributed by atoms with Crippen LogP contribution in [-0.4, -0.2) is 11.1 Å². The van der Waals surface area contributed by atoms with Gasteiger partial charge < -0.3 is 9.84 Å². The molecule has 1 heterocycles. The number of nitrogens with zero attached hydrogens (tertiary/aromatic N) is 1. The summed E-state index contributed by atoms with van der Waals surface area (Å²) in [6.45, 7) is 6.05. The van der Waals surface area contributed by atoms with Crippen LogP contribution in [0.1, 0.15) is 41.4 Å². The smallest absolute Gasteiger partial charge is 0.294 e. The second-order valence-corrected chi connectivity index (χ2v) is 4.57. The van der Waals surface area contributed by atoms with Crippen molar-refractivity contribution >= 4 is 11.6 Å². The van der Waals surface area contributed by atoms with E-state index < -0.39 is 0 Å². The van der Waals surface area contributed by atoms with Crippen molar-refractivity contribution in [3.05, 3.63) is 47.3 Å². The van der Waals surface area contributed by atoms with Crippen molar-refractivity contribution in [1.82, 2.24) is 5.16 Å². The molecule has 0 aliphatic carbocycles. The van der Waals surface area contributed by atoms with Gasteiger partial charge in [-0.2, -0.15) is 0 Å². The molecule has 0 aliphatic heterocycles. The second-order valence-electron chi connectivity index (χ2n) is 4.57.